The van der Waals surface area contributed by atoms with Crippen molar-refractivity contribution in [1.29, 1.82) is 0 Å². The molecule has 0 aromatic carbocycles. The molecule has 0 aliphatic heterocycles. The average Bonchev–Trinajstić information content (AvgIpc) is 1.85. The van der Waals surface area contributed by atoms with Gasteiger partial charge in [0, 0.05) is 0 Å². The van der Waals surface area contributed by atoms with E-state index in [1.54, 1.807) is 0 Å². The fourth-order valence-electron chi connectivity index (χ4n) is 1.01. The number of aliphatic hydroxyl groups excluding tert-OH is 1. The summed E-state index contributed by atoms with van der Waals surface area (Å²) in [5, 5.41) is 10.5. The van der Waals surface area contributed by atoms with Gasteiger partial charge >= 0.3 is 0 Å². The summed E-state index contributed by atoms with van der Waals surface area (Å²) in [6.07, 6.45) is 0.929. The van der Waals surface area contributed by atoms with Gasteiger partial charge in [0.25, 0.3) is 0 Å². The Morgan fingerprint density at radius 3 is 2.17 bits per heavy atom. The summed E-state index contributed by atoms with van der Waals surface area (Å²) in [6, 6.07) is 0. The molecule has 0 fully saturated rings. The van der Waals surface area contributed by atoms with Crippen LogP contribution in [0.4, 0.5) is 0 Å². The lowest BCUT2D eigenvalue weighted by molar-refractivity contribution is 0.266. The lowest BCUT2D eigenvalue weighted by Crippen LogP contribution is -2.30. The molecule has 66 valence electrons. The molecular weight excluding hydrogens is 164 g/mol. The summed E-state index contributed by atoms with van der Waals surface area (Å²) in [7, 11) is -1.49. The highest BCUT2D eigenvalue weighted by Gasteiger charge is 2.23. The van der Waals surface area contributed by atoms with Gasteiger partial charge < -0.3 is 5.11 Å². The predicted molar refractivity (Wildman–Crippen MR) is 55.7 cm³/mol. The zero-order valence-corrected chi connectivity index (χ0v) is 9.02. The van der Waals surface area contributed by atoms with Gasteiger partial charge in [0.05, 0.1) is 8.07 Å². The molecule has 0 aromatic heterocycles. The Balaban J connectivity index is 4.84. The largest absolute Gasteiger partial charge is 0.384 e. The van der Waals surface area contributed by atoms with Crippen molar-refractivity contribution in [3.05, 3.63) is 35.9 Å². The van der Waals surface area contributed by atoms with Crippen LogP contribution in [0.25, 0.3) is 0 Å². The van der Waals surface area contributed by atoms with Crippen LogP contribution in [0.1, 0.15) is 0 Å². The van der Waals surface area contributed by atoms with Gasteiger partial charge in [0.1, 0.15) is 6.10 Å². The molecule has 0 aliphatic rings. The average molecular weight is 180 g/mol. The number of hydrogen-bond donors (Lipinski definition) is 1. The fraction of sp³-hybridized carbons (Fsp3) is 0.400. The van der Waals surface area contributed by atoms with Crippen LogP contribution in [0.15, 0.2) is 35.9 Å². The molecule has 12 heavy (non-hydrogen) atoms. The molecule has 1 nitrogen and oxygen atoms in total. The summed E-state index contributed by atoms with van der Waals surface area (Å²) < 4.78 is 0. The third-order valence-electron chi connectivity index (χ3n) is 1.57. The summed E-state index contributed by atoms with van der Waals surface area (Å²) in [5.41, 5.74) is 5.37. The maximum atomic E-state index is 9.58. The molecule has 0 amide bonds. The first-order valence-corrected chi connectivity index (χ1v) is 7.38. The smallest absolute Gasteiger partial charge is 0.104 e. The van der Waals surface area contributed by atoms with E-state index >= 15 is 0 Å². The van der Waals surface area contributed by atoms with Crippen molar-refractivity contribution in [2.24, 2.45) is 0 Å². The second-order valence-electron chi connectivity index (χ2n) is 3.66. The van der Waals surface area contributed by atoms with Crippen LogP contribution in [0.3, 0.4) is 0 Å². The van der Waals surface area contributed by atoms with E-state index in [0.717, 1.165) is 5.20 Å². The molecule has 0 rings (SSSR count). The fourth-order valence-corrected chi connectivity index (χ4v) is 2.51. The minimum atomic E-state index is -1.49. The van der Waals surface area contributed by atoms with Gasteiger partial charge in [-0.1, -0.05) is 32.8 Å². The highest BCUT2D eigenvalue weighted by atomic mass is 28.3. The molecule has 0 saturated carbocycles. The molecule has 0 bridgehead atoms. The molecule has 1 unspecified atom stereocenters. The second kappa shape index (κ2) is 4.29. The van der Waals surface area contributed by atoms with E-state index in [1.165, 1.54) is 6.08 Å². The van der Waals surface area contributed by atoms with Crippen LogP contribution in [-0.2, 0) is 0 Å². The third kappa shape index (κ3) is 3.08. The van der Waals surface area contributed by atoms with E-state index in [-0.39, 0.29) is 0 Å². The van der Waals surface area contributed by atoms with Gasteiger partial charge in [0.15, 0.2) is 0 Å². The van der Waals surface area contributed by atoms with Crippen molar-refractivity contribution in [2.75, 3.05) is 0 Å². The van der Waals surface area contributed by atoms with Crippen LogP contribution in [0.2, 0.25) is 19.6 Å². The van der Waals surface area contributed by atoms with Crippen LogP contribution in [0, 0.1) is 0 Å². The van der Waals surface area contributed by atoms with Gasteiger partial charge in [-0.15, -0.1) is 11.5 Å². The van der Waals surface area contributed by atoms with Crippen molar-refractivity contribution in [3.63, 3.8) is 0 Å². The third-order valence-corrected chi connectivity index (χ3v) is 3.66. The zero-order valence-electron chi connectivity index (χ0n) is 8.02. The Morgan fingerprint density at radius 2 is 1.92 bits per heavy atom. The van der Waals surface area contributed by atoms with E-state index in [9.17, 15) is 5.11 Å². The minimum Gasteiger partial charge on any atom is -0.384 e. The number of aliphatic hydroxyl groups is 1. The van der Waals surface area contributed by atoms with E-state index in [1.807, 2.05) is 0 Å². The first-order chi connectivity index (χ1) is 5.43. The summed E-state index contributed by atoms with van der Waals surface area (Å²) in [6.45, 7) is 13.4. The van der Waals surface area contributed by atoms with Gasteiger partial charge in [-0.3, -0.25) is 0 Å². The SMILES string of the molecule is C=C=CC(O)C(=C=C)[Si](C)(C)C. The van der Waals surface area contributed by atoms with E-state index in [4.69, 9.17) is 0 Å². The van der Waals surface area contributed by atoms with Gasteiger partial charge in [-0.2, -0.15) is 0 Å². The molecule has 1 N–H and O–H groups in total. The number of hydrogen-bond acceptors (Lipinski definition) is 1. The predicted octanol–water partition coefficient (Wildman–Crippen LogP) is 2.28. The van der Waals surface area contributed by atoms with E-state index in [0.29, 0.717) is 0 Å². The van der Waals surface area contributed by atoms with Crippen LogP contribution in [-0.4, -0.2) is 19.3 Å². The number of rotatable bonds is 3. The van der Waals surface area contributed by atoms with Crippen molar-refractivity contribution in [1.82, 2.24) is 0 Å². The Morgan fingerprint density at radius 1 is 1.42 bits per heavy atom. The lowest BCUT2D eigenvalue weighted by atomic mass is 10.3. The lowest BCUT2D eigenvalue weighted by Gasteiger charge is -2.21. The van der Waals surface area contributed by atoms with Gasteiger partial charge in [0.2, 0.25) is 0 Å². The molecule has 0 heterocycles. The first kappa shape index (κ1) is 11.2. The maximum Gasteiger partial charge on any atom is 0.104 e. The molecule has 0 aliphatic carbocycles. The zero-order chi connectivity index (χ0) is 9.78. The Labute approximate surface area is 75.4 Å². The Hall–Kier alpha value is -0.783. The standard InChI is InChI=1S/C10H16OSi/c1-6-8-9(11)10(7-2)12(3,4)5/h8-9,11H,1-2H2,3-5H3. The monoisotopic (exact) mass is 180 g/mol. The summed E-state index contributed by atoms with van der Waals surface area (Å²) in [4.78, 5) is 0. The first-order valence-electron chi connectivity index (χ1n) is 3.88. The molecule has 0 saturated heterocycles. The van der Waals surface area contributed by atoms with E-state index < -0.39 is 14.2 Å². The van der Waals surface area contributed by atoms with Gasteiger partial charge in [-0.05, 0) is 11.3 Å². The highest BCUT2D eigenvalue weighted by molar-refractivity contribution is 6.83. The topological polar surface area (TPSA) is 20.2 Å². The van der Waals surface area contributed by atoms with Crippen molar-refractivity contribution < 1.29 is 5.11 Å². The van der Waals surface area contributed by atoms with Crippen LogP contribution in [0.5, 0.6) is 0 Å². The minimum absolute atomic E-state index is 0.605. The normalized spacial score (nSPS) is 12.7. The molecule has 0 spiro atoms. The Bertz CT molecular complexity index is 248. The van der Waals surface area contributed by atoms with Crippen molar-refractivity contribution in [2.45, 2.75) is 25.7 Å². The highest BCUT2D eigenvalue weighted by Crippen LogP contribution is 2.17. The van der Waals surface area contributed by atoms with Crippen molar-refractivity contribution >= 4 is 8.07 Å². The van der Waals surface area contributed by atoms with Gasteiger partial charge in [-0.25, -0.2) is 0 Å². The molecular formula is C10H16OSi. The molecule has 0 aromatic rings. The quantitative estimate of drug-likeness (QED) is 0.522. The molecule has 1 atom stereocenters. The Kier molecular flexibility index (Phi) is 4.01. The second-order valence-corrected chi connectivity index (χ2v) is 8.69. The van der Waals surface area contributed by atoms with Crippen LogP contribution < -0.4 is 0 Å². The van der Waals surface area contributed by atoms with E-state index in [2.05, 4.69) is 44.3 Å². The molecule has 0 radical (unpaired) electrons. The van der Waals surface area contributed by atoms with Crippen molar-refractivity contribution in [3.8, 4) is 0 Å². The molecule has 2 heteroatoms. The summed E-state index contributed by atoms with van der Waals surface area (Å²) in [5.74, 6) is 0. The van der Waals surface area contributed by atoms with Crippen LogP contribution >= 0.6 is 0 Å². The summed E-state index contributed by atoms with van der Waals surface area (Å²) >= 11 is 0. The maximum absolute atomic E-state index is 9.58.